The number of hydrogen-bond donors (Lipinski definition) is 3. The first kappa shape index (κ1) is 11.8. The van der Waals surface area contributed by atoms with Crippen LogP contribution in [-0.4, -0.2) is 39.0 Å². The first-order valence-corrected chi connectivity index (χ1v) is 3.27. The summed E-state index contributed by atoms with van der Waals surface area (Å²) in [5, 5.41) is 24.7. The van der Waals surface area contributed by atoms with Crippen LogP contribution >= 0.6 is 0 Å². The summed E-state index contributed by atoms with van der Waals surface area (Å²) in [4.78, 5) is 41.0. The lowest BCUT2D eigenvalue weighted by atomic mass is 10.1. The van der Waals surface area contributed by atoms with Crippen molar-refractivity contribution < 1.29 is 34.5 Å². The number of aliphatic carboxylic acids is 3. The first-order valence-electron chi connectivity index (χ1n) is 3.27. The van der Waals surface area contributed by atoms with E-state index < -0.39 is 35.7 Å². The Balaban J connectivity index is 4.72. The third-order valence-electron chi connectivity index (χ3n) is 1.16. The Hall–Kier alpha value is -2.18. The van der Waals surface area contributed by atoms with Crippen LogP contribution in [0.3, 0.4) is 0 Å². The molecular formula is C7H6O7. The van der Waals surface area contributed by atoms with Crippen molar-refractivity contribution in [2.45, 2.75) is 6.42 Å². The maximum atomic E-state index is 10.5. The molecule has 76 valence electrons. The largest absolute Gasteiger partial charge is 0.478 e. The molecule has 0 saturated heterocycles. The third kappa shape index (κ3) is 4.00. The molecule has 0 aromatic rings. The monoisotopic (exact) mass is 202 g/mol. The van der Waals surface area contributed by atoms with Gasteiger partial charge in [-0.05, 0) is 0 Å². The molecule has 0 spiro atoms. The summed E-state index contributed by atoms with van der Waals surface area (Å²) in [6, 6.07) is 0. The second-order valence-corrected chi connectivity index (χ2v) is 2.22. The number of ketones is 1. The summed E-state index contributed by atoms with van der Waals surface area (Å²) < 4.78 is 0. The zero-order valence-corrected chi connectivity index (χ0v) is 6.76. The van der Waals surface area contributed by atoms with Crippen molar-refractivity contribution in [2.24, 2.45) is 0 Å². The van der Waals surface area contributed by atoms with Gasteiger partial charge in [-0.25, -0.2) is 14.4 Å². The number of carboxylic acids is 3. The number of hydrogen-bond acceptors (Lipinski definition) is 4. The van der Waals surface area contributed by atoms with E-state index in [0.717, 1.165) is 0 Å². The minimum Gasteiger partial charge on any atom is -0.478 e. The van der Waals surface area contributed by atoms with Crippen LogP contribution < -0.4 is 0 Å². The molecule has 0 rings (SSSR count). The average molecular weight is 202 g/mol. The molecule has 14 heavy (non-hydrogen) atoms. The first-order chi connectivity index (χ1) is 6.34. The Morgan fingerprint density at radius 2 is 1.43 bits per heavy atom. The van der Waals surface area contributed by atoms with E-state index in [9.17, 15) is 19.2 Å². The summed E-state index contributed by atoms with van der Waals surface area (Å²) in [5.41, 5.74) is -0.773. The van der Waals surface area contributed by atoms with Crippen LogP contribution in [0.5, 0.6) is 0 Å². The van der Waals surface area contributed by atoms with Crippen molar-refractivity contribution in [2.75, 3.05) is 0 Å². The van der Waals surface area contributed by atoms with Gasteiger partial charge in [-0.3, -0.25) is 4.79 Å². The highest BCUT2D eigenvalue weighted by Crippen LogP contribution is 2.02. The van der Waals surface area contributed by atoms with Crippen LogP contribution in [0.1, 0.15) is 6.42 Å². The Bertz CT molecular complexity index is 325. The van der Waals surface area contributed by atoms with Gasteiger partial charge in [0.05, 0.1) is 12.0 Å². The van der Waals surface area contributed by atoms with E-state index in [0.29, 0.717) is 0 Å². The predicted molar refractivity (Wildman–Crippen MR) is 40.6 cm³/mol. The Kier molecular flexibility index (Phi) is 4.01. The topological polar surface area (TPSA) is 129 Å². The molecule has 0 aliphatic heterocycles. The summed E-state index contributed by atoms with van der Waals surface area (Å²) in [7, 11) is 0. The van der Waals surface area contributed by atoms with Crippen molar-refractivity contribution in [3.63, 3.8) is 0 Å². The smallest absolute Gasteiger partial charge is 0.372 e. The van der Waals surface area contributed by atoms with Crippen molar-refractivity contribution in [3.05, 3.63) is 11.6 Å². The molecule has 0 aromatic carbocycles. The minimum absolute atomic E-state index is 0.281. The fraction of sp³-hybridized carbons (Fsp3) is 0.143. The molecular weight excluding hydrogens is 196 g/mol. The Morgan fingerprint density at radius 3 is 1.71 bits per heavy atom. The highest BCUT2D eigenvalue weighted by Gasteiger charge is 2.19. The fourth-order valence-electron chi connectivity index (χ4n) is 0.586. The molecule has 3 N–H and O–H groups in total. The van der Waals surface area contributed by atoms with E-state index in [1.807, 2.05) is 0 Å². The van der Waals surface area contributed by atoms with Crippen molar-refractivity contribution in [3.8, 4) is 0 Å². The second kappa shape index (κ2) is 4.75. The zero-order chi connectivity index (χ0) is 11.3. The van der Waals surface area contributed by atoms with Gasteiger partial charge in [-0.2, -0.15) is 0 Å². The van der Waals surface area contributed by atoms with E-state index in [-0.39, 0.29) is 6.08 Å². The molecule has 0 atom stereocenters. The molecule has 0 bridgehead atoms. The van der Waals surface area contributed by atoms with Gasteiger partial charge in [-0.1, -0.05) is 0 Å². The number of Topliss-reactive ketones (excluding diaryl/α,β-unsaturated/α-hetero) is 1. The van der Waals surface area contributed by atoms with Crippen LogP contribution in [0.25, 0.3) is 0 Å². The van der Waals surface area contributed by atoms with Crippen molar-refractivity contribution in [1.82, 2.24) is 0 Å². The van der Waals surface area contributed by atoms with Gasteiger partial charge in [0, 0.05) is 6.08 Å². The molecule has 0 unspecified atom stereocenters. The molecule has 0 saturated carbocycles. The molecule has 0 fully saturated rings. The van der Waals surface area contributed by atoms with Gasteiger partial charge in [0.15, 0.2) is 0 Å². The van der Waals surface area contributed by atoms with E-state index >= 15 is 0 Å². The van der Waals surface area contributed by atoms with Gasteiger partial charge in [0.25, 0.3) is 0 Å². The number of carboxylic acid groups (broad SMARTS) is 3. The minimum atomic E-state index is -1.80. The third-order valence-corrected chi connectivity index (χ3v) is 1.16. The maximum absolute atomic E-state index is 10.5. The fourth-order valence-corrected chi connectivity index (χ4v) is 0.586. The zero-order valence-electron chi connectivity index (χ0n) is 6.76. The molecule has 0 radical (unpaired) electrons. The summed E-state index contributed by atoms with van der Waals surface area (Å²) in [5.74, 6) is -6.37. The molecule has 7 heteroatoms. The van der Waals surface area contributed by atoms with Crippen LogP contribution in [0.15, 0.2) is 11.6 Å². The highest BCUT2D eigenvalue weighted by molar-refractivity contribution is 6.34. The molecule has 0 amide bonds. The van der Waals surface area contributed by atoms with Crippen molar-refractivity contribution >= 4 is 23.7 Å². The number of carbonyl (C=O) groups is 4. The Morgan fingerprint density at radius 1 is 0.929 bits per heavy atom. The number of carbonyl (C=O) groups excluding carboxylic acids is 1. The Labute approximate surface area is 77.3 Å². The number of rotatable bonds is 5. The molecule has 7 nitrogen and oxygen atoms in total. The lowest BCUT2D eigenvalue weighted by Gasteiger charge is -1.96. The van der Waals surface area contributed by atoms with E-state index in [2.05, 4.69) is 0 Å². The normalized spacial score (nSPS) is 10.7. The van der Waals surface area contributed by atoms with Gasteiger partial charge in [0.2, 0.25) is 5.78 Å². The lowest BCUT2D eigenvalue weighted by molar-refractivity contribution is -0.149. The maximum Gasteiger partial charge on any atom is 0.372 e. The molecule has 0 aromatic heterocycles. The summed E-state index contributed by atoms with van der Waals surface area (Å²) >= 11 is 0. The quantitative estimate of drug-likeness (QED) is 0.390. The average Bonchev–Trinajstić information content (AvgIpc) is 2.01. The molecule has 0 aliphatic carbocycles. The predicted octanol–water partition coefficient (Wildman–Crippen LogP) is -0.874. The van der Waals surface area contributed by atoms with Crippen molar-refractivity contribution in [1.29, 1.82) is 0 Å². The summed E-state index contributed by atoms with van der Waals surface area (Å²) in [6.07, 6.45) is -0.667. The van der Waals surface area contributed by atoms with E-state index in [4.69, 9.17) is 15.3 Å². The van der Waals surface area contributed by atoms with E-state index in [1.54, 1.807) is 0 Å². The standard InChI is InChI=1S/C7H6O7/c8-4(7(13)14)1-3(6(11)12)2-5(9)10/h2H,1H2,(H,9,10)(H,11,12)(H,13,14)/b3-2+. The lowest BCUT2D eigenvalue weighted by Crippen LogP contribution is -2.16. The summed E-state index contributed by atoms with van der Waals surface area (Å²) in [6.45, 7) is 0. The van der Waals surface area contributed by atoms with Gasteiger partial charge in [-0.15, -0.1) is 0 Å². The highest BCUT2D eigenvalue weighted by atomic mass is 16.4. The van der Waals surface area contributed by atoms with Crippen LogP contribution in [0.2, 0.25) is 0 Å². The second-order valence-electron chi connectivity index (χ2n) is 2.22. The van der Waals surface area contributed by atoms with Crippen LogP contribution in [0.4, 0.5) is 0 Å². The SMILES string of the molecule is O=C(O)/C=C(\CC(=O)C(=O)O)C(=O)O. The van der Waals surface area contributed by atoms with Gasteiger partial charge in [0.1, 0.15) is 0 Å². The van der Waals surface area contributed by atoms with Gasteiger partial charge >= 0.3 is 17.9 Å². The molecule has 0 heterocycles. The van der Waals surface area contributed by atoms with Crippen LogP contribution in [-0.2, 0) is 19.2 Å². The van der Waals surface area contributed by atoms with Gasteiger partial charge < -0.3 is 15.3 Å². The van der Waals surface area contributed by atoms with E-state index in [1.165, 1.54) is 0 Å². The molecule has 0 aliphatic rings. The van der Waals surface area contributed by atoms with Crippen LogP contribution in [0, 0.1) is 0 Å².